The summed E-state index contributed by atoms with van der Waals surface area (Å²) < 4.78 is 13.4. The maximum absolute atomic E-state index is 13.4. The number of primary amides is 1. The third-order valence-corrected chi connectivity index (χ3v) is 3.81. The van der Waals surface area contributed by atoms with Gasteiger partial charge in [0, 0.05) is 24.6 Å². The normalized spacial score (nSPS) is 11.5. The summed E-state index contributed by atoms with van der Waals surface area (Å²) in [5.41, 5.74) is 4.90. The summed E-state index contributed by atoms with van der Waals surface area (Å²) in [5, 5.41) is 24.0. The number of hydrogen-bond acceptors (Lipinski definition) is 6. The molecule has 2 aromatic rings. The lowest BCUT2D eigenvalue weighted by Crippen LogP contribution is -2.46. The molecule has 0 spiro atoms. The van der Waals surface area contributed by atoms with Crippen LogP contribution in [0.2, 0.25) is 0 Å². The van der Waals surface area contributed by atoms with Gasteiger partial charge in [0.2, 0.25) is 17.6 Å². The highest BCUT2D eigenvalue weighted by Crippen LogP contribution is 2.19. The summed E-state index contributed by atoms with van der Waals surface area (Å²) in [7, 11) is 0. The first kappa shape index (κ1) is 20.4. The molecule has 2 aromatic carbocycles. The zero-order valence-corrected chi connectivity index (χ0v) is 14.3. The minimum atomic E-state index is -1.20. The molecule has 0 unspecified atom stereocenters. The monoisotopic (exact) mass is 390 g/mol. The molecule has 2 rings (SSSR count). The van der Waals surface area contributed by atoms with E-state index in [1.54, 1.807) is 0 Å². The van der Waals surface area contributed by atoms with Crippen LogP contribution >= 0.6 is 0 Å². The second kappa shape index (κ2) is 8.66. The van der Waals surface area contributed by atoms with Gasteiger partial charge < -0.3 is 11.1 Å². The van der Waals surface area contributed by atoms with E-state index >= 15 is 0 Å². The summed E-state index contributed by atoms with van der Waals surface area (Å²) in [4.78, 5) is 43.9. The van der Waals surface area contributed by atoms with E-state index < -0.39 is 39.2 Å². The van der Waals surface area contributed by atoms with E-state index in [1.807, 2.05) is 0 Å². The van der Waals surface area contributed by atoms with Crippen molar-refractivity contribution in [2.24, 2.45) is 5.73 Å². The molecule has 10 nitrogen and oxygen atoms in total. The lowest BCUT2D eigenvalue weighted by atomic mass is 10.0. The quantitative estimate of drug-likeness (QED) is 0.512. The van der Waals surface area contributed by atoms with E-state index in [9.17, 15) is 34.2 Å². The number of carbonyl (C=O) groups excluding carboxylic acids is 2. The Morgan fingerprint density at radius 1 is 1.07 bits per heavy atom. The predicted molar refractivity (Wildman–Crippen MR) is 94.7 cm³/mol. The van der Waals surface area contributed by atoms with Gasteiger partial charge in [-0.15, -0.1) is 0 Å². The van der Waals surface area contributed by atoms with Gasteiger partial charge in [-0.25, -0.2) is 0 Å². The molecule has 2 amide bonds. The van der Waals surface area contributed by atoms with Gasteiger partial charge in [-0.2, -0.15) is 4.39 Å². The van der Waals surface area contributed by atoms with Crippen LogP contribution in [0.3, 0.4) is 0 Å². The number of nitrogens with one attached hydrogen (secondary N) is 1. The molecule has 0 saturated heterocycles. The number of nitro benzene ring substituents is 2. The van der Waals surface area contributed by atoms with Crippen LogP contribution in [-0.4, -0.2) is 27.7 Å². The highest BCUT2D eigenvalue weighted by atomic mass is 19.1. The van der Waals surface area contributed by atoms with Crippen LogP contribution in [0, 0.1) is 26.0 Å². The molecule has 1 atom stereocenters. The minimum absolute atomic E-state index is 0.183. The predicted octanol–water partition coefficient (Wildman–Crippen LogP) is 1.40. The fourth-order valence-corrected chi connectivity index (χ4v) is 2.49. The lowest BCUT2D eigenvalue weighted by molar-refractivity contribution is -0.387. The number of amides is 2. The van der Waals surface area contributed by atoms with E-state index in [4.69, 9.17) is 5.73 Å². The number of rotatable bonds is 8. The van der Waals surface area contributed by atoms with Crippen LogP contribution in [-0.2, 0) is 22.4 Å². The Morgan fingerprint density at radius 3 is 2.39 bits per heavy atom. The summed E-state index contributed by atoms with van der Waals surface area (Å²) in [6.07, 6.45) is -0.424. The highest BCUT2D eigenvalue weighted by molar-refractivity contribution is 5.87. The number of nitro groups is 2. The number of hydrogen-bond donors (Lipinski definition) is 2. The smallest absolute Gasteiger partial charge is 0.305 e. The Labute approximate surface area is 157 Å². The SMILES string of the molecule is NC(=O)[C@@H](Cc1ccc(F)c([N+](=O)[O-])c1)NC(=O)Cc1cccc([N+](=O)[O-])c1. The topological polar surface area (TPSA) is 158 Å². The number of nitrogens with two attached hydrogens (primary N) is 1. The standard InChI is InChI=1S/C17H15FN4O6/c18-13-5-4-11(8-15(13)22(27)28)7-14(17(19)24)20-16(23)9-10-2-1-3-12(6-10)21(25)26/h1-6,8,14H,7,9H2,(H2,19,24)(H,20,23)/t14-/m1/s1. The van der Waals surface area contributed by atoms with Crippen molar-refractivity contribution in [2.45, 2.75) is 18.9 Å². The maximum atomic E-state index is 13.4. The van der Waals surface area contributed by atoms with Gasteiger partial charge in [-0.3, -0.25) is 29.8 Å². The van der Waals surface area contributed by atoms with Crippen LogP contribution in [0.5, 0.6) is 0 Å². The molecule has 11 heteroatoms. The lowest BCUT2D eigenvalue weighted by Gasteiger charge is -2.15. The molecule has 0 aliphatic heterocycles. The van der Waals surface area contributed by atoms with Crippen LogP contribution in [0.4, 0.5) is 15.8 Å². The third kappa shape index (κ3) is 5.30. The summed E-state index contributed by atoms with van der Waals surface area (Å²) in [5.74, 6) is -2.54. The Balaban J connectivity index is 2.10. The van der Waals surface area contributed by atoms with Crippen molar-refractivity contribution in [2.75, 3.05) is 0 Å². The number of non-ortho nitro benzene ring substituents is 1. The first-order valence-corrected chi connectivity index (χ1v) is 7.92. The fourth-order valence-electron chi connectivity index (χ4n) is 2.49. The van der Waals surface area contributed by atoms with Gasteiger partial charge in [0.1, 0.15) is 6.04 Å². The molecule has 0 aromatic heterocycles. The van der Waals surface area contributed by atoms with Gasteiger partial charge in [0.25, 0.3) is 5.69 Å². The van der Waals surface area contributed by atoms with E-state index in [2.05, 4.69) is 5.32 Å². The average molecular weight is 390 g/mol. The Kier molecular flexibility index (Phi) is 6.32. The zero-order valence-electron chi connectivity index (χ0n) is 14.3. The van der Waals surface area contributed by atoms with Crippen molar-refractivity contribution in [3.05, 3.63) is 79.6 Å². The number of halogens is 1. The molecule has 0 fully saturated rings. The van der Waals surface area contributed by atoms with Crippen molar-refractivity contribution in [1.82, 2.24) is 5.32 Å². The van der Waals surface area contributed by atoms with Crippen molar-refractivity contribution >= 4 is 23.2 Å². The van der Waals surface area contributed by atoms with Crippen molar-refractivity contribution in [3.63, 3.8) is 0 Å². The van der Waals surface area contributed by atoms with Crippen LogP contribution in [0.25, 0.3) is 0 Å². The zero-order chi connectivity index (χ0) is 20.8. The average Bonchev–Trinajstić information content (AvgIpc) is 2.62. The number of benzene rings is 2. The minimum Gasteiger partial charge on any atom is -0.368 e. The van der Waals surface area contributed by atoms with Crippen LogP contribution < -0.4 is 11.1 Å². The summed E-state index contributed by atoms with van der Waals surface area (Å²) >= 11 is 0. The van der Waals surface area contributed by atoms with E-state index in [-0.39, 0.29) is 24.1 Å². The number of carbonyl (C=O) groups is 2. The van der Waals surface area contributed by atoms with Gasteiger partial charge in [0.15, 0.2) is 0 Å². The van der Waals surface area contributed by atoms with Crippen molar-refractivity contribution in [3.8, 4) is 0 Å². The van der Waals surface area contributed by atoms with E-state index in [0.29, 0.717) is 5.56 Å². The van der Waals surface area contributed by atoms with Gasteiger partial charge in [-0.1, -0.05) is 18.2 Å². The molecule has 0 bridgehead atoms. The number of nitrogens with zero attached hydrogens (tertiary/aromatic N) is 2. The Morgan fingerprint density at radius 2 is 1.79 bits per heavy atom. The molecule has 0 aliphatic rings. The van der Waals surface area contributed by atoms with Crippen molar-refractivity contribution in [1.29, 1.82) is 0 Å². The van der Waals surface area contributed by atoms with Gasteiger partial charge >= 0.3 is 5.69 Å². The van der Waals surface area contributed by atoms with Crippen molar-refractivity contribution < 1.29 is 23.8 Å². The molecule has 0 radical (unpaired) electrons. The Bertz CT molecular complexity index is 949. The van der Waals surface area contributed by atoms with Gasteiger partial charge in [0.05, 0.1) is 16.3 Å². The summed E-state index contributed by atoms with van der Waals surface area (Å²) in [6, 6.07) is 7.31. The molecule has 0 heterocycles. The second-order valence-electron chi connectivity index (χ2n) is 5.87. The largest absolute Gasteiger partial charge is 0.368 e. The van der Waals surface area contributed by atoms with E-state index in [1.165, 1.54) is 30.3 Å². The van der Waals surface area contributed by atoms with E-state index in [0.717, 1.165) is 12.1 Å². The molecular formula is C17H15FN4O6. The summed E-state index contributed by atoms with van der Waals surface area (Å²) in [6.45, 7) is 0. The molecule has 0 saturated carbocycles. The second-order valence-corrected chi connectivity index (χ2v) is 5.87. The Hall–Kier alpha value is -3.89. The van der Waals surface area contributed by atoms with Gasteiger partial charge in [-0.05, 0) is 17.2 Å². The fraction of sp³-hybridized carbons (Fsp3) is 0.176. The molecular weight excluding hydrogens is 375 g/mol. The molecule has 3 N–H and O–H groups in total. The third-order valence-electron chi connectivity index (χ3n) is 3.81. The first-order chi connectivity index (χ1) is 13.2. The molecule has 146 valence electrons. The highest BCUT2D eigenvalue weighted by Gasteiger charge is 2.22. The maximum Gasteiger partial charge on any atom is 0.305 e. The van der Waals surface area contributed by atoms with Crippen LogP contribution in [0.15, 0.2) is 42.5 Å². The molecule has 0 aliphatic carbocycles. The first-order valence-electron chi connectivity index (χ1n) is 7.92. The van der Waals surface area contributed by atoms with Crippen LogP contribution in [0.1, 0.15) is 11.1 Å². The molecule has 28 heavy (non-hydrogen) atoms.